The van der Waals surface area contributed by atoms with Gasteiger partial charge in [-0.1, -0.05) is 42.1 Å². The van der Waals surface area contributed by atoms with Crippen LogP contribution in [0.5, 0.6) is 0 Å². The van der Waals surface area contributed by atoms with Gasteiger partial charge in [-0.15, -0.1) is 10.2 Å². The van der Waals surface area contributed by atoms with E-state index in [9.17, 15) is 13.2 Å². The highest BCUT2D eigenvalue weighted by Gasteiger charge is 2.32. The van der Waals surface area contributed by atoms with Crippen molar-refractivity contribution in [2.45, 2.75) is 17.6 Å². The second-order valence-electron chi connectivity index (χ2n) is 6.08. The fourth-order valence-corrected chi connectivity index (χ4v) is 5.40. The van der Waals surface area contributed by atoms with Gasteiger partial charge >= 0.3 is 0 Å². The maximum absolute atomic E-state index is 12.4. The molecule has 0 saturated carbocycles. The lowest BCUT2D eigenvalue weighted by Gasteiger charge is -2.23. The highest BCUT2D eigenvalue weighted by Crippen LogP contribution is 2.23. The van der Waals surface area contributed by atoms with Crippen LogP contribution in [-0.4, -0.2) is 64.3 Å². The number of carbonyl (C=O) groups excluding carboxylic acids is 1. The minimum atomic E-state index is -3.00. The third-order valence-corrected chi connectivity index (χ3v) is 7.10. The van der Waals surface area contributed by atoms with Gasteiger partial charge in [-0.2, -0.15) is 0 Å². The molecule has 134 valence electrons. The molecular formula is C16H20N4O3S2. The number of hydrogen-bond donors (Lipinski definition) is 0. The van der Waals surface area contributed by atoms with Crippen LogP contribution in [0.15, 0.2) is 35.5 Å². The van der Waals surface area contributed by atoms with Gasteiger partial charge in [0.05, 0.1) is 17.3 Å². The van der Waals surface area contributed by atoms with E-state index in [0.29, 0.717) is 11.6 Å². The van der Waals surface area contributed by atoms with Crippen molar-refractivity contribution < 1.29 is 13.2 Å². The topological polar surface area (TPSA) is 85.2 Å². The summed E-state index contributed by atoms with van der Waals surface area (Å²) in [7, 11) is 0.528. The van der Waals surface area contributed by atoms with Gasteiger partial charge in [0.15, 0.2) is 20.8 Å². The molecule has 0 radical (unpaired) electrons. The summed E-state index contributed by atoms with van der Waals surface area (Å²) in [4.78, 5) is 13.9. The minimum Gasteiger partial charge on any atom is -0.341 e. The molecule has 1 saturated heterocycles. The monoisotopic (exact) mass is 380 g/mol. The summed E-state index contributed by atoms with van der Waals surface area (Å²) in [5.41, 5.74) is 0.962. The average Bonchev–Trinajstić information content (AvgIpc) is 3.15. The van der Waals surface area contributed by atoms with Gasteiger partial charge < -0.3 is 9.47 Å². The Morgan fingerprint density at radius 3 is 2.68 bits per heavy atom. The first-order valence-electron chi connectivity index (χ1n) is 7.91. The standard InChI is InChI=1S/C16H20N4O3S2/c1-19(13-8-9-25(22,23)11-13)14(21)10-24-16-18-17-15(20(16)2)12-6-4-3-5-7-12/h3-7,13H,8-11H2,1-2H3/t13-/m0/s1. The van der Waals surface area contributed by atoms with Gasteiger partial charge in [-0.3, -0.25) is 4.79 Å². The Labute approximate surface area is 151 Å². The number of nitrogens with zero attached hydrogens (tertiary/aromatic N) is 4. The van der Waals surface area contributed by atoms with Crippen molar-refractivity contribution in [2.24, 2.45) is 7.05 Å². The predicted molar refractivity (Wildman–Crippen MR) is 97.0 cm³/mol. The van der Waals surface area contributed by atoms with Crippen molar-refractivity contribution in [3.8, 4) is 11.4 Å². The van der Waals surface area contributed by atoms with Crippen molar-refractivity contribution >= 4 is 27.5 Å². The molecular weight excluding hydrogens is 360 g/mol. The van der Waals surface area contributed by atoms with E-state index in [-0.39, 0.29) is 29.2 Å². The Kier molecular flexibility index (Phi) is 5.14. The maximum Gasteiger partial charge on any atom is 0.233 e. The molecule has 1 aromatic heterocycles. The van der Waals surface area contributed by atoms with Crippen molar-refractivity contribution in [1.29, 1.82) is 0 Å². The third-order valence-electron chi connectivity index (χ3n) is 4.34. The molecule has 0 unspecified atom stereocenters. The van der Waals surface area contributed by atoms with E-state index >= 15 is 0 Å². The van der Waals surface area contributed by atoms with Crippen LogP contribution in [0.1, 0.15) is 6.42 Å². The third kappa shape index (κ3) is 4.04. The summed E-state index contributed by atoms with van der Waals surface area (Å²) >= 11 is 1.31. The van der Waals surface area contributed by atoms with E-state index < -0.39 is 9.84 Å². The van der Waals surface area contributed by atoms with Crippen LogP contribution in [0, 0.1) is 0 Å². The molecule has 25 heavy (non-hydrogen) atoms. The second-order valence-corrected chi connectivity index (χ2v) is 9.25. The molecule has 1 aliphatic heterocycles. The Hall–Kier alpha value is -1.87. The summed E-state index contributed by atoms with van der Waals surface area (Å²) in [6.45, 7) is 0. The fraction of sp³-hybridized carbons (Fsp3) is 0.438. The molecule has 1 aliphatic rings. The summed E-state index contributed by atoms with van der Waals surface area (Å²) < 4.78 is 25.0. The Bertz CT molecular complexity index is 865. The van der Waals surface area contributed by atoms with Crippen LogP contribution in [0.2, 0.25) is 0 Å². The molecule has 2 heterocycles. The predicted octanol–water partition coefficient (Wildman–Crippen LogP) is 1.22. The van der Waals surface area contributed by atoms with Crippen molar-refractivity contribution in [3.63, 3.8) is 0 Å². The first-order valence-corrected chi connectivity index (χ1v) is 10.7. The van der Waals surface area contributed by atoms with E-state index in [1.54, 1.807) is 11.9 Å². The molecule has 9 heteroatoms. The molecule has 3 rings (SSSR count). The quantitative estimate of drug-likeness (QED) is 0.725. The number of carbonyl (C=O) groups is 1. The molecule has 1 atom stereocenters. The summed E-state index contributed by atoms with van der Waals surface area (Å²) in [6.07, 6.45) is 0.511. The molecule has 0 N–H and O–H groups in total. The Balaban J connectivity index is 1.62. The largest absolute Gasteiger partial charge is 0.341 e. The van der Waals surface area contributed by atoms with Gasteiger partial charge in [0.25, 0.3) is 0 Å². The number of hydrogen-bond acceptors (Lipinski definition) is 6. The minimum absolute atomic E-state index is 0.0576. The van der Waals surface area contributed by atoms with E-state index in [1.165, 1.54) is 11.8 Å². The SMILES string of the molecule is CN(C(=O)CSc1nnc(-c2ccccc2)n1C)[C@H]1CCS(=O)(=O)C1. The summed E-state index contributed by atoms with van der Waals surface area (Å²) in [6, 6.07) is 9.50. The maximum atomic E-state index is 12.4. The van der Waals surface area contributed by atoms with Gasteiger partial charge in [-0.05, 0) is 6.42 Å². The lowest BCUT2D eigenvalue weighted by molar-refractivity contribution is -0.128. The van der Waals surface area contributed by atoms with Crippen LogP contribution < -0.4 is 0 Å². The normalized spacial score (nSPS) is 19.0. The number of thioether (sulfide) groups is 1. The van der Waals surface area contributed by atoms with Gasteiger partial charge in [0, 0.05) is 25.7 Å². The van der Waals surface area contributed by atoms with Crippen molar-refractivity contribution in [2.75, 3.05) is 24.3 Å². The van der Waals surface area contributed by atoms with Gasteiger partial charge in [0.2, 0.25) is 5.91 Å². The van der Waals surface area contributed by atoms with Crippen LogP contribution >= 0.6 is 11.8 Å². The highest BCUT2D eigenvalue weighted by atomic mass is 32.2. The van der Waals surface area contributed by atoms with Crippen LogP contribution in [0.25, 0.3) is 11.4 Å². The Morgan fingerprint density at radius 2 is 2.04 bits per heavy atom. The van der Waals surface area contributed by atoms with Gasteiger partial charge in [-0.25, -0.2) is 8.42 Å². The number of benzene rings is 1. The first kappa shape index (κ1) is 17.9. The van der Waals surface area contributed by atoms with Crippen molar-refractivity contribution in [3.05, 3.63) is 30.3 Å². The smallest absolute Gasteiger partial charge is 0.233 e. The van der Waals surface area contributed by atoms with E-state index in [0.717, 1.165) is 11.4 Å². The molecule has 0 bridgehead atoms. The van der Waals surface area contributed by atoms with E-state index in [1.807, 2.05) is 41.9 Å². The van der Waals surface area contributed by atoms with E-state index in [2.05, 4.69) is 10.2 Å². The lowest BCUT2D eigenvalue weighted by Crippen LogP contribution is -2.38. The van der Waals surface area contributed by atoms with Crippen LogP contribution in [0.3, 0.4) is 0 Å². The summed E-state index contributed by atoms with van der Waals surface area (Å²) in [5, 5.41) is 9.00. The average molecular weight is 380 g/mol. The number of aromatic nitrogens is 3. The zero-order chi connectivity index (χ0) is 18.0. The molecule has 7 nitrogen and oxygen atoms in total. The molecule has 2 aromatic rings. The van der Waals surface area contributed by atoms with E-state index in [4.69, 9.17) is 0 Å². The highest BCUT2D eigenvalue weighted by molar-refractivity contribution is 7.99. The molecule has 1 fully saturated rings. The van der Waals surface area contributed by atoms with Crippen molar-refractivity contribution in [1.82, 2.24) is 19.7 Å². The van der Waals surface area contributed by atoms with Crippen LogP contribution in [0.4, 0.5) is 0 Å². The molecule has 1 amide bonds. The zero-order valence-electron chi connectivity index (χ0n) is 14.1. The number of rotatable bonds is 5. The number of sulfone groups is 1. The zero-order valence-corrected chi connectivity index (χ0v) is 15.8. The Morgan fingerprint density at radius 1 is 1.32 bits per heavy atom. The second kappa shape index (κ2) is 7.17. The molecule has 0 spiro atoms. The van der Waals surface area contributed by atoms with Gasteiger partial charge in [0.1, 0.15) is 0 Å². The fourth-order valence-electron chi connectivity index (χ4n) is 2.79. The molecule has 1 aromatic carbocycles. The molecule has 0 aliphatic carbocycles. The lowest BCUT2D eigenvalue weighted by atomic mass is 10.2. The van der Waals surface area contributed by atoms with Crippen LogP contribution in [-0.2, 0) is 21.7 Å². The number of amides is 1. The first-order chi connectivity index (χ1) is 11.9. The summed E-state index contributed by atoms with van der Waals surface area (Å²) in [5.74, 6) is 1.06.